The van der Waals surface area contributed by atoms with Crippen molar-refractivity contribution in [3.05, 3.63) is 59.5 Å². The van der Waals surface area contributed by atoms with Crippen molar-refractivity contribution < 1.29 is 18.8 Å². The summed E-state index contributed by atoms with van der Waals surface area (Å²) in [7, 11) is 1.81. The number of ether oxygens (including phenoxy) is 1. The first-order valence-corrected chi connectivity index (χ1v) is 15.1. The fraction of sp³-hybridized carbons (Fsp3) is 0.545. The van der Waals surface area contributed by atoms with Gasteiger partial charge in [0, 0.05) is 43.9 Å². The molecule has 10 heteroatoms. The molecule has 1 fully saturated rings. The Kier molecular flexibility index (Phi) is 10.9. The van der Waals surface area contributed by atoms with Crippen molar-refractivity contribution in [1.29, 1.82) is 0 Å². The van der Waals surface area contributed by atoms with Crippen molar-refractivity contribution in [1.82, 2.24) is 25.3 Å². The van der Waals surface area contributed by atoms with Gasteiger partial charge in [0.25, 0.3) is 11.7 Å². The van der Waals surface area contributed by atoms with Crippen LogP contribution in [0.3, 0.4) is 0 Å². The maximum Gasteiger partial charge on any atom is 0.410 e. The van der Waals surface area contributed by atoms with Gasteiger partial charge in [-0.25, -0.2) is 4.79 Å². The molecule has 0 bridgehead atoms. The van der Waals surface area contributed by atoms with Crippen LogP contribution in [-0.4, -0.2) is 63.8 Å². The van der Waals surface area contributed by atoms with Gasteiger partial charge in [-0.05, 0) is 63.3 Å². The van der Waals surface area contributed by atoms with Gasteiger partial charge in [-0.15, -0.1) is 0 Å². The van der Waals surface area contributed by atoms with Crippen molar-refractivity contribution in [3.63, 3.8) is 0 Å². The normalized spacial score (nSPS) is 15.3. The number of anilines is 1. The van der Waals surface area contributed by atoms with E-state index in [9.17, 15) is 9.59 Å². The molecule has 3 heterocycles. The zero-order valence-corrected chi connectivity index (χ0v) is 27.4. The minimum atomic E-state index is -0.536. The maximum absolute atomic E-state index is 12.7. The molecule has 1 aromatic carbocycles. The van der Waals surface area contributed by atoms with E-state index in [1.807, 2.05) is 87.7 Å². The number of aromatic nitrogens is 3. The molecule has 43 heavy (non-hydrogen) atoms. The predicted molar refractivity (Wildman–Crippen MR) is 169 cm³/mol. The fourth-order valence-corrected chi connectivity index (χ4v) is 4.79. The number of hydrogen-bond donors (Lipinski definition) is 1. The number of rotatable bonds is 6. The molecule has 1 aliphatic heterocycles. The van der Waals surface area contributed by atoms with E-state index in [0.717, 1.165) is 47.3 Å². The van der Waals surface area contributed by atoms with Gasteiger partial charge in [0.2, 0.25) is 5.89 Å². The lowest BCUT2D eigenvalue weighted by atomic mass is 9.97. The topological polar surface area (TPSA) is 114 Å². The van der Waals surface area contributed by atoms with E-state index in [4.69, 9.17) is 9.26 Å². The zero-order valence-electron chi connectivity index (χ0n) is 27.4. The van der Waals surface area contributed by atoms with Gasteiger partial charge in [-0.3, -0.25) is 9.78 Å². The summed E-state index contributed by atoms with van der Waals surface area (Å²) in [6.45, 7) is 19.5. The number of pyridine rings is 1. The Labute approximate surface area is 256 Å². The van der Waals surface area contributed by atoms with Crippen molar-refractivity contribution in [2.75, 3.05) is 25.0 Å². The third-order valence-electron chi connectivity index (χ3n) is 7.13. The summed E-state index contributed by atoms with van der Waals surface area (Å²) < 4.78 is 10.8. The number of hydrogen-bond acceptors (Lipinski definition) is 8. The summed E-state index contributed by atoms with van der Waals surface area (Å²) in [6, 6.07) is 8.28. The standard InChI is InChI=1S/C31H42N6O4.C2H6/c1-20-16-21(11-12-22(20)17-33-27(38)26-34-28(41-35-26)30(2,3)4)24-13-14-32-18-25(24)37-15-9-10-23(19-37)36(8)29(39)40-31(5,6)7;1-2/h11-14,16,18,23H,9-10,15,17,19H2,1-8H3,(H,33,38);1-2H3. The molecule has 1 atom stereocenters. The van der Waals surface area contributed by atoms with Crippen LogP contribution in [0.2, 0.25) is 0 Å². The second kappa shape index (κ2) is 14.0. The van der Waals surface area contributed by atoms with Crippen LogP contribution in [0.4, 0.5) is 10.5 Å². The molecule has 1 unspecified atom stereocenters. The van der Waals surface area contributed by atoms with Gasteiger partial charge in [0.1, 0.15) is 5.60 Å². The van der Waals surface area contributed by atoms with E-state index in [1.54, 1.807) is 11.1 Å². The Morgan fingerprint density at radius 1 is 1.14 bits per heavy atom. The van der Waals surface area contributed by atoms with E-state index >= 15 is 0 Å². The number of carbonyl (C=O) groups excluding carboxylic acids is 2. The SMILES string of the molecule is CC.Cc1cc(-c2ccncc2N2CCCC(N(C)C(=O)OC(C)(C)C)C2)ccc1CNC(=O)c1noc(C(C)(C)C)n1. The van der Waals surface area contributed by atoms with E-state index in [-0.39, 0.29) is 29.3 Å². The number of likely N-dealkylation sites (N-methyl/N-ethyl adjacent to an activating group) is 1. The lowest BCUT2D eigenvalue weighted by Gasteiger charge is -2.39. The average molecular weight is 593 g/mol. The van der Waals surface area contributed by atoms with Crippen LogP contribution in [0.5, 0.6) is 0 Å². The predicted octanol–water partition coefficient (Wildman–Crippen LogP) is 6.53. The second-order valence-electron chi connectivity index (χ2n) is 12.7. The van der Waals surface area contributed by atoms with Crippen LogP contribution in [0.25, 0.3) is 11.1 Å². The molecule has 10 nitrogen and oxygen atoms in total. The molecule has 1 saturated heterocycles. The number of piperidine rings is 1. The number of aryl methyl sites for hydroxylation is 1. The lowest BCUT2D eigenvalue weighted by Crippen LogP contribution is -2.50. The van der Waals surface area contributed by atoms with Gasteiger partial charge in [-0.1, -0.05) is 58.0 Å². The monoisotopic (exact) mass is 592 g/mol. The van der Waals surface area contributed by atoms with E-state index in [1.165, 1.54) is 0 Å². The third-order valence-corrected chi connectivity index (χ3v) is 7.13. The first-order valence-electron chi connectivity index (χ1n) is 15.1. The van der Waals surface area contributed by atoms with Crippen LogP contribution < -0.4 is 10.2 Å². The molecule has 3 aromatic rings. The van der Waals surface area contributed by atoms with E-state index < -0.39 is 5.60 Å². The van der Waals surface area contributed by atoms with Gasteiger partial charge >= 0.3 is 6.09 Å². The smallest absolute Gasteiger partial charge is 0.410 e. The van der Waals surface area contributed by atoms with Crippen molar-refractivity contribution in [2.24, 2.45) is 0 Å². The summed E-state index contributed by atoms with van der Waals surface area (Å²) in [5.74, 6) is 0.0794. The summed E-state index contributed by atoms with van der Waals surface area (Å²) >= 11 is 0. The summed E-state index contributed by atoms with van der Waals surface area (Å²) in [5, 5.41) is 6.73. The highest BCUT2D eigenvalue weighted by Gasteiger charge is 2.30. The molecule has 1 N–H and O–H groups in total. The van der Waals surface area contributed by atoms with Crippen molar-refractivity contribution in [2.45, 2.75) is 98.8 Å². The molecule has 234 valence electrons. The first kappa shape index (κ1) is 33.6. The first-order chi connectivity index (χ1) is 20.2. The molecule has 0 spiro atoms. The van der Waals surface area contributed by atoms with Crippen molar-refractivity contribution in [3.8, 4) is 11.1 Å². The molecule has 2 amide bonds. The summed E-state index contributed by atoms with van der Waals surface area (Å²) in [5.41, 5.74) is 4.34. The number of benzene rings is 1. The quantitative estimate of drug-likeness (QED) is 0.344. The van der Waals surface area contributed by atoms with Crippen LogP contribution >= 0.6 is 0 Å². The van der Waals surface area contributed by atoms with E-state index in [0.29, 0.717) is 19.0 Å². The van der Waals surface area contributed by atoms with Crippen LogP contribution in [0, 0.1) is 6.92 Å². The largest absolute Gasteiger partial charge is 0.444 e. The molecule has 0 saturated carbocycles. The van der Waals surface area contributed by atoms with Crippen LogP contribution in [0.1, 0.15) is 95.9 Å². The van der Waals surface area contributed by atoms with Crippen LogP contribution in [-0.2, 0) is 16.7 Å². The Bertz CT molecular complexity index is 1390. The number of nitrogens with one attached hydrogen (secondary N) is 1. The number of carbonyl (C=O) groups is 2. The van der Waals surface area contributed by atoms with E-state index in [2.05, 4.69) is 37.5 Å². The molecule has 0 aliphatic carbocycles. The van der Waals surface area contributed by atoms with Gasteiger partial charge < -0.3 is 24.4 Å². The fourth-order valence-electron chi connectivity index (χ4n) is 4.79. The highest BCUT2D eigenvalue weighted by Crippen LogP contribution is 2.33. The number of amides is 2. The average Bonchev–Trinajstić information content (AvgIpc) is 3.48. The zero-order chi connectivity index (χ0) is 31.9. The Morgan fingerprint density at radius 3 is 2.49 bits per heavy atom. The minimum Gasteiger partial charge on any atom is -0.444 e. The van der Waals surface area contributed by atoms with Gasteiger partial charge in [-0.2, -0.15) is 4.98 Å². The Morgan fingerprint density at radius 2 is 1.86 bits per heavy atom. The third kappa shape index (κ3) is 8.78. The highest BCUT2D eigenvalue weighted by atomic mass is 16.6. The lowest BCUT2D eigenvalue weighted by molar-refractivity contribution is 0.0209. The highest BCUT2D eigenvalue weighted by molar-refractivity contribution is 5.90. The minimum absolute atomic E-state index is 0.0303. The van der Waals surface area contributed by atoms with Gasteiger partial charge in [0.15, 0.2) is 0 Å². The molecule has 0 radical (unpaired) electrons. The maximum atomic E-state index is 12.7. The molecular weight excluding hydrogens is 544 g/mol. The Hall–Kier alpha value is -3.95. The molecular formula is C33H48N6O4. The molecule has 4 rings (SSSR count). The second-order valence-corrected chi connectivity index (χ2v) is 12.7. The summed E-state index contributed by atoms with van der Waals surface area (Å²) in [6.07, 6.45) is 5.27. The molecule has 1 aliphatic rings. The molecule has 2 aromatic heterocycles. The van der Waals surface area contributed by atoms with Crippen molar-refractivity contribution >= 4 is 17.7 Å². The van der Waals surface area contributed by atoms with Gasteiger partial charge in [0.05, 0.1) is 17.9 Å². The summed E-state index contributed by atoms with van der Waals surface area (Å²) in [4.78, 5) is 38.0. The number of nitrogens with zero attached hydrogens (tertiary/aromatic N) is 5. The Balaban J connectivity index is 0.00000248. The van der Waals surface area contributed by atoms with Crippen LogP contribution in [0.15, 0.2) is 41.2 Å².